The van der Waals surface area contributed by atoms with Crippen LogP contribution >= 0.6 is 0 Å². The van der Waals surface area contributed by atoms with Gasteiger partial charge in [0, 0.05) is 6.07 Å². The van der Waals surface area contributed by atoms with Gasteiger partial charge < -0.3 is 19.2 Å². The number of nitrogens with zero attached hydrogens (tertiary/aromatic N) is 2. The third-order valence-corrected chi connectivity index (χ3v) is 2.38. The molecule has 0 saturated carbocycles. The van der Waals surface area contributed by atoms with Gasteiger partial charge >= 0.3 is 0 Å². The molecule has 0 amide bonds. The van der Waals surface area contributed by atoms with Gasteiger partial charge in [-0.3, -0.25) is 0 Å². The van der Waals surface area contributed by atoms with E-state index in [1.165, 1.54) is 24.5 Å². The second-order valence-electron chi connectivity index (χ2n) is 3.60. The minimum absolute atomic E-state index is 0.0398. The van der Waals surface area contributed by atoms with Crippen LogP contribution in [0.1, 0.15) is 0 Å². The molecule has 2 aromatic heterocycles. The molecule has 0 bridgehead atoms. The topological polar surface area (TPSA) is 92.5 Å². The van der Waals surface area contributed by atoms with Crippen LogP contribution in [0.2, 0.25) is 0 Å². The summed E-state index contributed by atoms with van der Waals surface area (Å²) < 4.78 is 10.2. The van der Waals surface area contributed by atoms with Crippen molar-refractivity contribution in [3.05, 3.63) is 36.6 Å². The number of furan rings is 1. The number of rotatable bonds is 2. The van der Waals surface area contributed by atoms with Crippen LogP contribution in [0.15, 0.2) is 45.5 Å². The molecule has 0 unspecified atom stereocenters. The third kappa shape index (κ3) is 1.69. The lowest BCUT2D eigenvalue weighted by Crippen LogP contribution is -1.80. The van der Waals surface area contributed by atoms with Crippen molar-refractivity contribution in [2.45, 2.75) is 0 Å². The minimum Gasteiger partial charge on any atom is -0.508 e. The summed E-state index contributed by atoms with van der Waals surface area (Å²) >= 11 is 0. The van der Waals surface area contributed by atoms with Crippen molar-refractivity contribution in [2.24, 2.45) is 0 Å². The predicted octanol–water partition coefficient (Wildman–Crippen LogP) is 2.41. The van der Waals surface area contributed by atoms with Crippen LogP contribution in [0, 0.1) is 0 Å². The van der Waals surface area contributed by atoms with Gasteiger partial charge in [-0.05, 0) is 24.3 Å². The molecule has 0 aliphatic carbocycles. The molecule has 90 valence electrons. The summed E-state index contributed by atoms with van der Waals surface area (Å²) in [6.07, 6.45) is 1.50. The quantitative estimate of drug-likeness (QED) is 0.719. The van der Waals surface area contributed by atoms with Crippen LogP contribution in [-0.4, -0.2) is 20.4 Å². The van der Waals surface area contributed by atoms with Crippen LogP contribution in [0.25, 0.3) is 23.0 Å². The first-order chi connectivity index (χ1) is 8.74. The molecule has 6 nitrogen and oxygen atoms in total. The smallest absolute Gasteiger partial charge is 0.262 e. The van der Waals surface area contributed by atoms with E-state index in [1.54, 1.807) is 12.1 Å². The summed E-state index contributed by atoms with van der Waals surface area (Å²) in [4.78, 5) is 4.10. The molecule has 0 aliphatic rings. The first-order valence-electron chi connectivity index (χ1n) is 5.14. The van der Waals surface area contributed by atoms with E-state index in [4.69, 9.17) is 8.94 Å². The van der Waals surface area contributed by atoms with Gasteiger partial charge in [0.05, 0.1) is 11.8 Å². The van der Waals surface area contributed by atoms with Crippen molar-refractivity contribution in [3.8, 4) is 34.5 Å². The van der Waals surface area contributed by atoms with Gasteiger partial charge in [0.15, 0.2) is 5.76 Å². The molecular formula is C12H8N2O4. The van der Waals surface area contributed by atoms with Crippen molar-refractivity contribution < 1.29 is 19.2 Å². The maximum atomic E-state index is 9.67. The van der Waals surface area contributed by atoms with Crippen LogP contribution in [0.4, 0.5) is 0 Å². The highest BCUT2D eigenvalue weighted by molar-refractivity contribution is 5.65. The van der Waals surface area contributed by atoms with Crippen molar-refractivity contribution in [2.75, 3.05) is 0 Å². The van der Waals surface area contributed by atoms with Crippen LogP contribution in [0.5, 0.6) is 11.5 Å². The average molecular weight is 244 g/mol. The van der Waals surface area contributed by atoms with Gasteiger partial charge in [0.25, 0.3) is 5.89 Å². The average Bonchev–Trinajstić information content (AvgIpc) is 2.99. The minimum atomic E-state index is -0.135. The molecule has 0 atom stereocenters. The van der Waals surface area contributed by atoms with E-state index >= 15 is 0 Å². The number of phenolic OH excluding ortho intramolecular Hbond substituents is 2. The second kappa shape index (κ2) is 3.92. The summed E-state index contributed by atoms with van der Waals surface area (Å²) in [6.45, 7) is 0. The number of hydrogen-bond acceptors (Lipinski definition) is 6. The van der Waals surface area contributed by atoms with Gasteiger partial charge in [0.1, 0.15) is 11.5 Å². The molecule has 0 saturated heterocycles. The Hall–Kier alpha value is -2.76. The lowest BCUT2D eigenvalue weighted by Gasteiger charge is -1.98. The molecular weight excluding hydrogens is 236 g/mol. The first kappa shape index (κ1) is 10.4. The van der Waals surface area contributed by atoms with E-state index in [0.29, 0.717) is 17.1 Å². The SMILES string of the molecule is Oc1ccc(-c2nc(-c3ccco3)no2)c(O)c1. The highest BCUT2D eigenvalue weighted by Gasteiger charge is 2.15. The Morgan fingerprint density at radius 2 is 2.00 bits per heavy atom. The van der Waals surface area contributed by atoms with E-state index in [0.717, 1.165) is 0 Å². The standard InChI is InChI=1S/C12H8N2O4/c15-7-3-4-8(9(16)6-7)12-13-11(14-18-12)10-2-1-5-17-10/h1-6,15-16H. The number of aromatic nitrogens is 2. The summed E-state index contributed by atoms with van der Waals surface area (Å²) in [6, 6.07) is 7.52. The number of aromatic hydroxyl groups is 2. The van der Waals surface area contributed by atoms with E-state index in [-0.39, 0.29) is 17.4 Å². The highest BCUT2D eigenvalue weighted by Crippen LogP contribution is 2.31. The summed E-state index contributed by atoms with van der Waals surface area (Å²) in [5.41, 5.74) is 0.345. The van der Waals surface area contributed by atoms with Crippen LogP contribution in [-0.2, 0) is 0 Å². The Morgan fingerprint density at radius 3 is 2.72 bits per heavy atom. The van der Waals surface area contributed by atoms with E-state index in [2.05, 4.69) is 10.1 Å². The lowest BCUT2D eigenvalue weighted by atomic mass is 10.2. The molecule has 6 heteroatoms. The molecule has 0 spiro atoms. The van der Waals surface area contributed by atoms with Gasteiger partial charge in [0.2, 0.25) is 5.82 Å². The first-order valence-corrected chi connectivity index (χ1v) is 5.14. The Bertz CT molecular complexity index is 673. The van der Waals surface area contributed by atoms with Gasteiger partial charge in [-0.15, -0.1) is 0 Å². The fourth-order valence-electron chi connectivity index (χ4n) is 1.54. The molecule has 2 N–H and O–H groups in total. The van der Waals surface area contributed by atoms with Crippen molar-refractivity contribution in [1.82, 2.24) is 10.1 Å². The van der Waals surface area contributed by atoms with Crippen molar-refractivity contribution in [3.63, 3.8) is 0 Å². The number of benzene rings is 1. The van der Waals surface area contributed by atoms with Crippen LogP contribution in [0.3, 0.4) is 0 Å². The molecule has 18 heavy (non-hydrogen) atoms. The van der Waals surface area contributed by atoms with Crippen LogP contribution < -0.4 is 0 Å². The zero-order chi connectivity index (χ0) is 12.5. The molecule has 0 aliphatic heterocycles. The number of phenols is 2. The zero-order valence-corrected chi connectivity index (χ0v) is 9.07. The highest BCUT2D eigenvalue weighted by atomic mass is 16.5. The second-order valence-corrected chi connectivity index (χ2v) is 3.60. The van der Waals surface area contributed by atoms with E-state index in [1.807, 2.05) is 0 Å². The largest absolute Gasteiger partial charge is 0.508 e. The normalized spacial score (nSPS) is 10.7. The Kier molecular flexibility index (Phi) is 2.26. The monoisotopic (exact) mass is 244 g/mol. The Balaban J connectivity index is 2.03. The van der Waals surface area contributed by atoms with Crippen molar-refractivity contribution >= 4 is 0 Å². The summed E-state index contributed by atoms with van der Waals surface area (Å²) in [5, 5.41) is 22.6. The summed E-state index contributed by atoms with van der Waals surface area (Å²) in [7, 11) is 0. The maximum absolute atomic E-state index is 9.67. The zero-order valence-electron chi connectivity index (χ0n) is 9.07. The van der Waals surface area contributed by atoms with E-state index in [9.17, 15) is 10.2 Å². The summed E-state index contributed by atoms with van der Waals surface area (Å²) in [5.74, 6) is 0.747. The van der Waals surface area contributed by atoms with Gasteiger partial charge in [-0.25, -0.2) is 0 Å². The molecule has 3 rings (SSSR count). The molecule has 2 heterocycles. The van der Waals surface area contributed by atoms with Gasteiger partial charge in [-0.1, -0.05) is 5.16 Å². The Morgan fingerprint density at radius 1 is 1.11 bits per heavy atom. The lowest BCUT2D eigenvalue weighted by molar-refractivity contribution is 0.421. The third-order valence-electron chi connectivity index (χ3n) is 2.38. The number of hydrogen-bond donors (Lipinski definition) is 2. The van der Waals surface area contributed by atoms with E-state index < -0.39 is 0 Å². The fourth-order valence-corrected chi connectivity index (χ4v) is 1.54. The molecule has 1 aromatic carbocycles. The fraction of sp³-hybridized carbons (Fsp3) is 0. The van der Waals surface area contributed by atoms with Gasteiger partial charge in [-0.2, -0.15) is 4.98 Å². The molecule has 3 aromatic rings. The maximum Gasteiger partial charge on any atom is 0.262 e. The molecule has 0 fully saturated rings. The Labute approximate surface area is 101 Å². The van der Waals surface area contributed by atoms with Crippen molar-refractivity contribution in [1.29, 1.82) is 0 Å². The molecule has 0 radical (unpaired) electrons. The predicted molar refractivity (Wildman–Crippen MR) is 60.8 cm³/mol.